The number of hydrogen-bond donors (Lipinski definition) is 0. The number of hydrogen-bond acceptors (Lipinski definition) is 5. The third-order valence-corrected chi connectivity index (χ3v) is 6.86. The van der Waals surface area contributed by atoms with Crippen molar-refractivity contribution in [3.05, 3.63) is 69.0 Å². The molecule has 0 bridgehead atoms. The maximum Gasteiger partial charge on any atom is 0.276 e. The van der Waals surface area contributed by atoms with Crippen molar-refractivity contribution in [2.75, 3.05) is 26.2 Å². The molecule has 0 aliphatic carbocycles. The van der Waals surface area contributed by atoms with E-state index in [0.717, 1.165) is 17.7 Å². The Morgan fingerprint density at radius 3 is 2.21 bits per heavy atom. The summed E-state index contributed by atoms with van der Waals surface area (Å²) < 4.78 is 40.8. The maximum atomic E-state index is 14.0. The molecule has 1 amide bonds. The molecule has 8 nitrogen and oxygen atoms in total. The fraction of sp³-hybridized carbons (Fsp3) is 0.316. The number of nitro benzene ring substituents is 1. The number of aryl methyl sites for hydroxylation is 1. The molecular formula is C19H20FN3O5S. The van der Waals surface area contributed by atoms with Crippen molar-refractivity contribution in [1.29, 1.82) is 0 Å². The molecule has 2 aromatic rings. The zero-order valence-corrected chi connectivity index (χ0v) is 16.8. The first kappa shape index (κ1) is 20.9. The van der Waals surface area contributed by atoms with Crippen LogP contribution in [0.2, 0.25) is 0 Å². The highest BCUT2D eigenvalue weighted by molar-refractivity contribution is 7.89. The fourth-order valence-electron chi connectivity index (χ4n) is 3.15. The van der Waals surface area contributed by atoms with Crippen molar-refractivity contribution in [3.63, 3.8) is 0 Å². The average Bonchev–Trinajstić information content (AvgIpc) is 2.69. The molecule has 0 saturated carbocycles. The number of sulfonamides is 1. The van der Waals surface area contributed by atoms with Crippen molar-refractivity contribution in [2.24, 2.45) is 0 Å². The molecule has 1 aliphatic rings. The van der Waals surface area contributed by atoms with Gasteiger partial charge in [0.1, 0.15) is 5.82 Å². The third-order valence-electron chi connectivity index (χ3n) is 4.95. The standard InChI is InChI=1S/C19H20FN3O5S/c1-13-3-5-16(6-4-13)29(27,28)22-9-7-21(8-10-22)19(24)15-11-17(20)14(2)18(12-15)23(25)26/h3-6,11-12H,7-10H2,1-2H3. The van der Waals surface area contributed by atoms with E-state index in [2.05, 4.69) is 0 Å². The van der Waals surface area contributed by atoms with E-state index in [-0.39, 0.29) is 42.2 Å². The second-order valence-corrected chi connectivity index (χ2v) is 8.81. The zero-order valence-electron chi connectivity index (χ0n) is 16.0. The van der Waals surface area contributed by atoms with Crippen LogP contribution in [-0.2, 0) is 10.0 Å². The van der Waals surface area contributed by atoms with Crippen molar-refractivity contribution < 1.29 is 22.5 Å². The van der Waals surface area contributed by atoms with Gasteiger partial charge in [-0.15, -0.1) is 0 Å². The number of carbonyl (C=O) groups excluding carboxylic acids is 1. The van der Waals surface area contributed by atoms with Crippen LogP contribution in [0.1, 0.15) is 21.5 Å². The van der Waals surface area contributed by atoms with Crippen LogP contribution < -0.4 is 0 Å². The van der Waals surface area contributed by atoms with E-state index in [9.17, 15) is 27.7 Å². The second kappa shape index (κ2) is 7.88. The molecule has 1 heterocycles. The Labute approximate surface area is 167 Å². The molecular weight excluding hydrogens is 401 g/mol. The molecule has 2 aromatic carbocycles. The van der Waals surface area contributed by atoms with E-state index in [1.54, 1.807) is 12.1 Å². The zero-order chi connectivity index (χ0) is 21.3. The highest BCUT2D eigenvalue weighted by atomic mass is 32.2. The van der Waals surface area contributed by atoms with Gasteiger partial charge in [-0.05, 0) is 32.0 Å². The van der Waals surface area contributed by atoms with Crippen LogP contribution in [0.3, 0.4) is 0 Å². The first-order chi connectivity index (χ1) is 13.6. The lowest BCUT2D eigenvalue weighted by Crippen LogP contribution is -2.50. The Hall–Kier alpha value is -2.85. The van der Waals surface area contributed by atoms with Crippen LogP contribution in [0, 0.1) is 29.8 Å². The minimum atomic E-state index is -3.68. The molecule has 154 valence electrons. The smallest absolute Gasteiger partial charge is 0.276 e. The fourth-order valence-corrected chi connectivity index (χ4v) is 4.57. The van der Waals surface area contributed by atoms with E-state index in [1.165, 1.54) is 28.3 Å². The van der Waals surface area contributed by atoms with Gasteiger partial charge < -0.3 is 4.90 Å². The highest BCUT2D eigenvalue weighted by Crippen LogP contribution is 2.24. The Bertz CT molecular complexity index is 1060. The summed E-state index contributed by atoms with van der Waals surface area (Å²) in [6.07, 6.45) is 0. The van der Waals surface area contributed by atoms with Gasteiger partial charge >= 0.3 is 0 Å². The van der Waals surface area contributed by atoms with Gasteiger partial charge in [-0.25, -0.2) is 12.8 Å². The molecule has 1 fully saturated rings. The summed E-state index contributed by atoms with van der Waals surface area (Å²) >= 11 is 0. The summed E-state index contributed by atoms with van der Waals surface area (Å²) in [6, 6.07) is 8.53. The molecule has 3 rings (SSSR count). The summed E-state index contributed by atoms with van der Waals surface area (Å²) in [5, 5.41) is 11.1. The van der Waals surface area contributed by atoms with E-state index in [1.807, 2.05) is 6.92 Å². The lowest BCUT2D eigenvalue weighted by molar-refractivity contribution is -0.385. The number of piperazine rings is 1. The van der Waals surface area contributed by atoms with Crippen molar-refractivity contribution in [3.8, 4) is 0 Å². The summed E-state index contributed by atoms with van der Waals surface area (Å²) in [4.78, 5) is 24.6. The molecule has 1 aliphatic heterocycles. The van der Waals surface area contributed by atoms with E-state index >= 15 is 0 Å². The summed E-state index contributed by atoms with van der Waals surface area (Å²) in [5.41, 5.74) is 0.211. The number of amides is 1. The maximum absolute atomic E-state index is 14.0. The number of nitro groups is 1. The predicted octanol–water partition coefficient (Wildman–Crippen LogP) is 2.50. The molecule has 0 atom stereocenters. The quantitative estimate of drug-likeness (QED) is 0.558. The number of carbonyl (C=O) groups is 1. The molecule has 1 saturated heterocycles. The lowest BCUT2D eigenvalue weighted by Gasteiger charge is -2.34. The van der Waals surface area contributed by atoms with Gasteiger partial charge in [0.25, 0.3) is 11.6 Å². The first-order valence-electron chi connectivity index (χ1n) is 8.92. The Morgan fingerprint density at radius 2 is 1.66 bits per heavy atom. The number of nitrogens with zero attached hydrogens (tertiary/aromatic N) is 3. The summed E-state index contributed by atoms with van der Waals surface area (Å²) in [5.74, 6) is -1.40. The molecule has 0 unspecified atom stereocenters. The normalized spacial score (nSPS) is 15.3. The molecule has 0 N–H and O–H groups in total. The van der Waals surface area contributed by atoms with Crippen LogP contribution in [0.5, 0.6) is 0 Å². The van der Waals surface area contributed by atoms with Crippen LogP contribution in [0.4, 0.5) is 10.1 Å². The number of rotatable bonds is 4. The van der Waals surface area contributed by atoms with Crippen LogP contribution in [0.25, 0.3) is 0 Å². The van der Waals surface area contributed by atoms with E-state index in [4.69, 9.17) is 0 Å². The van der Waals surface area contributed by atoms with Gasteiger partial charge in [0.2, 0.25) is 10.0 Å². The van der Waals surface area contributed by atoms with Crippen molar-refractivity contribution in [1.82, 2.24) is 9.21 Å². The average molecular weight is 421 g/mol. The Kier molecular flexibility index (Phi) is 5.67. The van der Waals surface area contributed by atoms with Crippen LogP contribution in [-0.4, -0.2) is 54.6 Å². The molecule has 0 radical (unpaired) electrons. The Morgan fingerprint density at radius 1 is 1.07 bits per heavy atom. The van der Waals surface area contributed by atoms with E-state index < -0.39 is 32.4 Å². The monoisotopic (exact) mass is 421 g/mol. The molecule has 10 heteroatoms. The number of halogens is 1. The summed E-state index contributed by atoms with van der Waals surface area (Å²) in [7, 11) is -3.68. The number of benzene rings is 2. The Balaban J connectivity index is 1.75. The van der Waals surface area contributed by atoms with Crippen molar-refractivity contribution in [2.45, 2.75) is 18.7 Å². The van der Waals surface area contributed by atoms with Gasteiger partial charge in [0.15, 0.2) is 0 Å². The lowest BCUT2D eigenvalue weighted by atomic mass is 10.1. The van der Waals surface area contributed by atoms with Gasteiger partial charge in [0, 0.05) is 37.8 Å². The third kappa shape index (κ3) is 4.13. The van der Waals surface area contributed by atoms with Gasteiger partial charge in [-0.2, -0.15) is 4.31 Å². The summed E-state index contributed by atoms with van der Waals surface area (Å²) in [6.45, 7) is 3.51. The second-order valence-electron chi connectivity index (χ2n) is 6.87. The minimum Gasteiger partial charge on any atom is -0.336 e. The van der Waals surface area contributed by atoms with Crippen LogP contribution in [0.15, 0.2) is 41.3 Å². The van der Waals surface area contributed by atoms with Crippen molar-refractivity contribution >= 4 is 21.6 Å². The highest BCUT2D eigenvalue weighted by Gasteiger charge is 2.31. The van der Waals surface area contributed by atoms with Gasteiger partial charge in [-0.1, -0.05) is 17.7 Å². The molecule has 0 aromatic heterocycles. The van der Waals surface area contributed by atoms with Gasteiger partial charge in [-0.3, -0.25) is 14.9 Å². The van der Waals surface area contributed by atoms with Crippen LogP contribution >= 0.6 is 0 Å². The van der Waals surface area contributed by atoms with E-state index in [0.29, 0.717) is 0 Å². The minimum absolute atomic E-state index is 0.0817. The predicted molar refractivity (Wildman–Crippen MR) is 104 cm³/mol. The first-order valence-corrected chi connectivity index (χ1v) is 10.4. The molecule has 0 spiro atoms. The molecule has 29 heavy (non-hydrogen) atoms. The van der Waals surface area contributed by atoms with Gasteiger partial charge in [0.05, 0.1) is 15.4 Å². The topological polar surface area (TPSA) is 101 Å². The SMILES string of the molecule is Cc1ccc(S(=O)(=O)N2CCN(C(=O)c3cc(F)c(C)c([N+](=O)[O-])c3)CC2)cc1. The largest absolute Gasteiger partial charge is 0.336 e.